The summed E-state index contributed by atoms with van der Waals surface area (Å²) >= 11 is 0. The third-order valence-electron chi connectivity index (χ3n) is 5.00. The summed E-state index contributed by atoms with van der Waals surface area (Å²) in [7, 11) is 0. The third kappa shape index (κ3) is 3.31. The van der Waals surface area contributed by atoms with Crippen LogP contribution in [0.25, 0.3) is 0 Å². The van der Waals surface area contributed by atoms with Gasteiger partial charge in [-0.3, -0.25) is 4.90 Å². The fourth-order valence-electron chi connectivity index (χ4n) is 3.33. The van der Waals surface area contributed by atoms with E-state index < -0.39 is 12.0 Å². The molecule has 0 aromatic carbocycles. The molecule has 2 fully saturated rings. The fraction of sp³-hybridized carbons (Fsp3) is 0.867. The molecule has 2 heterocycles. The normalized spacial score (nSPS) is 28.7. The Morgan fingerprint density at radius 2 is 1.81 bits per heavy atom. The zero-order chi connectivity index (χ0) is 15.6. The number of rotatable bonds is 3. The molecule has 2 amide bonds. The molecule has 1 N–H and O–H groups in total. The lowest BCUT2D eigenvalue weighted by Gasteiger charge is -2.39. The summed E-state index contributed by atoms with van der Waals surface area (Å²) in [6.45, 7) is 9.99. The standard InChI is InChI=1S/C15H27N3O3/c1-4-12(3)16-7-9-17(10-8-16)15(21)18-6-5-11(2)13(18)14(19)20/h11-13H,4-10H2,1-3H3,(H,19,20). The van der Waals surface area contributed by atoms with Crippen molar-refractivity contribution in [2.75, 3.05) is 32.7 Å². The summed E-state index contributed by atoms with van der Waals surface area (Å²) in [5.41, 5.74) is 0. The Labute approximate surface area is 126 Å². The Bertz CT molecular complexity index is 394. The monoisotopic (exact) mass is 297 g/mol. The highest BCUT2D eigenvalue weighted by Gasteiger charge is 2.41. The van der Waals surface area contributed by atoms with Gasteiger partial charge in [-0.15, -0.1) is 0 Å². The number of carbonyl (C=O) groups is 2. The van der Waals surface area contributed by atoms with Crippen molar-refractivity contribution in [3.8, 4) is 0 Å². The Morgan fingerprint density at radius 3 is 2.33 bits per heavy atom. The molecule has 6 nitrogen and oxygen atoms in total. The van der Waals surface area contributed by atoms with Crippen molar-refractivity contribution in [1.82, 2.24) is 14.7 Å². The van der Waals surface area contributed by atoms with Crippen molar-refractivity contribution < 1.29 is 14.7 Å². The van der Waals surface area contributed by atoms with Crippen molar-refractivity contribution >= 4 is 12.0 Å². The second-order valence-corrected chi connectivity index (χ2v) is 6.31. The first-order chi connectivity index (χ1) is 9.95. The number of carboxylic acids is 1. The molecule has 21 heavy (non-hydrogen) atoms. The van der Waals surface area contributed by atoms with E-state index in [0.29, 0.717) is 25.7 Å². The molecule has 0 saturated carbocycles. The zero-order valence-corrected chi connectivity index (χ0v) is 13.3. The van der Waals surface area contributed by atoms with Crippen LogP contribution in [0.2, 0.25) is 0 Å². The van der Waals surface area contributed by atoms with Gasteiger partial charge in [0, 0.05) is 38.8 Å². The molecular formula is C15H27N3O3. The molecule has 0 bridgehead atoms. The number of hydrogen-bond donors (Lipinski definition) is 1. The summed E-state index contributed by atoms with van der Waals surface area (Å²) in [4.78, 5) is 29.7. The molecule has 0 spiro atoms. The summed E-state index contributed by atoms with van der Waals surface area (Å²) in [6, 6.07) is -0.221. The van der Waals surface area contributed by atoms with Gasteiger partial charge in [0.15, 0.2) is 0 Å². The van der Waals surface area contributed by atoms with Gasteiger partial charge in [-0.05, 0) is 25.7 Å². The quantitative estimate of drug-likeness (QED) is 0.853. The molecule has 6 heteroatoms. The van der Waals surface area contributed by atoms with E-state index in [1.165, 1.54) is 0 Å². The van der Waals surface area contributed by atoms with Gasteiger partial charge in [0.2, 0.25) is 0 Å². The average Bonchev–Trinajstić information content (AvgIpc) is 2.87. The number of nitrogens with zero attached hydrogens (tertiary/aromatic N) is 3. The van der Waals surface area contributed by atoms with Crippen molar-refractivity contribution in [3.63, 3.8) is 0 Å². The molecular weight excluding hydrogens is 270 g/mol. The number of piperazine rings is 1. The molecule has 2 aliphatic heterocycles. The maximum atomic E-state index is 12.6. The molecule has 0 aromatic rings. The molecule has 2 saturated heterocycles. The van der Waals surface area contributed by atoms with Crippen LogP contribution in [0.4, 0.5) is 4.79 Å². The number of urea groups is 1. The van der Waals surface area contributed by atoms with E-state index in [0.717, 1.165) is 25.9 Å². The van der Waals surface area contributed by atoms with E-state index in [-0.39, 0.29) is 11.9 Å². The predicted molar refractivity (Wildman–Crippen MR) is 80.2 cm³/mol. The van der Waals surface area contributed by atoms with Crippen LogP contribution in [0.1, 0.15) is 33.6 Å². The van der Waals surface area contributed by atoms with E-state index in [1.807, 2.05) is 11.8 Å². The van der Waals surface area contributed by atoms with E-state index >= 15 is 0 Å². The van der Waals surface area contributed by atoms with Crippen LogP contribution in [0.15, 0.2) is 0 Å². The summed E-state index contributed by atoms with van der Waals surface area (Å²) in [5.74, 6) is -0.848. The Balaban J connectivity index is 1.94. The summed E-state index contributed by atoms with van der Waals surface area (Å²) in [6.07, 6.45) is 1.88. The second-order valence-electron chi connectivity index (χ2n) is 6.31. The molecule has 0 radical (unpaired) electrons. The van der Waals surface area contributed by atoms with Crippen LogP contribution in [-0.4, -0.2) is 76.6 Å². The van der Waals surface area contributed by atoms with Crippen LogP contribution in [0.5, 0.6) is 0 Å². The van der Waals surface area contributed by atoms with Gasteiger partial charge in [0.05, 0.1) is 0 Å². The van der Waals surface area contributed by atoms with Crippen molar-refractivity contribution in [3.05, 3.63) is 0 Å². The summed E-state index contributed by atoms with van der Waals surface area (Å²) < 4.78 is 0. The van der Waals surface area contributed by atoms with E-state index in [4.69, 9.17) is 0 Å². The molecule has 0 aliphatic carbocycles. The number of likely N-dealkylation sites (tertiary alicyclic amines) is 1. The highest BCUT2D eigenvalue weighted by atomic mass is 16.4. The van der Waals surface area contributed by atoms with Crippen LogP contribution in [-0.2, 0) is 4.79 Å². The Hall–Kier alpha value is -1.30. The molecule has 120 valence electrons. The SMILES string of the molecule is CCC(C)N1CCN(C(=O)N2CCC(C)C2C(=O)O)CC1. The van der Waals surface area contributed by atoms with Gasteiger partial charge in [-0.2, -0.15) is 0 Å². The Morgan fingerprint density at radius 1 is 1.19 bits per heavy atom. The van der Waals surface area contributed by atoms with Crippen molar-refractivity contribution in [1.29, 1.82) is 0 Å². The number of carboxylic acid groups (broad SMARTS) is 1. The Kier molecular flexibility index (Phi) is 5.08. The maximum absolute atomic E-state index is 12.6. The number of aliphatic carboxylic acids is 1. The van der Waals surface area contributed by atoms with Crippen LogP contribution >= 0.6 is 0 Å². The molecule has 2 aliphatic rings. The van der Waals surface area contributed by atoms with Gasteiger partial charge >= 0.3 is 12.0 Å². The fourth-order valence-corrected chi connectivity index (χ4v) is 3.33. The molecule has 0 aromatic heterocycles. The van der Waals surface area contributed by atoms with Gasteiger partial charge in [0.1, 0.15) is 6.04 Å². The minimum absolute atomic E-state index is 0.0350. The zero-order valence-electron chi connectivity index (χ0n) is 13.3. The smallest absolute Gasteiger partial charge is 0.326 e. The van der Waals surface area contributed by atoms with E-state index in [2.05, 4.69) is 18.7 Å². The lowest BCUT2D eigenvalue weighted by atomic mass is 10.0. The first-order valence-corrected chi connectivity index (χ1v) is 7.98. The largest absolute Gasteiger partial charge is 0.480 e. The average molecular weight is 297 g/mol. The van der Waals surface area contributed by atoms with Crippen LogP contribution in [0.3, 0.4) is 0 Å². The van der Waals surface area contributed by atoms with E-state index in [9.17, 15) is 14.7 Å². The van der Waals surface area contributed by atoms with Gasteiger partial charge in [0.25, 0.3) is 0 Å². The number of carbonyl (C=O) groups excluding carboxylic acids is 1. The minimum atomic E-state index is -0.883. The molecule has 3 atom stereocenters. The molecule has 2 rings (SSSR count). The first kappa shape index (κ1) is 16.1. The highest BCUT2D eigenvalue weighted by Crippen LogP contribution is 2.25. The highest BCUT2D eigenvalue weighted by molar-refractivity contribution is 5.83. The third-order valence-corrected chi connectivity index (χ3v) is 5.00. The first-order valence-electron chi connectivity index (χ1n) is 7.98. The van der Waals surface area contributed by atoms with Crippen LogP contribution in [0, 0.1) is 5.92 Å². The lowest BCUT2D eigenvalue weighted by Crippen LogP contribution is -2.56. The summed E-state index contributed by atoms with van der Waals surface area (Å²) in [5, 5.41) is 9.33. The molecule has 3 unspecified atom stereocenters. The van der Waals surface area contributed by atoms with Gasteiger partial charge < -0.3 is 14.9 Å². The van der Waals surface area contributed by atoms with Gasteiger partial charge in [-0.25, -0.2) is 9.59 Å². The second kappa shape index (κ2) is 6.64. The number of amides is 2. The lowest BCUT2D eigenvalue weighted by molar-refractivity contribution is -0.142. The topological polar surface area (TPSA) is 64.1 Å². The van der Waals surface area contributed by atoms with Crippen LogP contribution < -0.4 is 0 Å². The number of hydrogen-bond acceptors (Lipinski definition) is 3. The maximum Gasteiger partial charge on any atom is 0.326 e. The predicted octanol–water partition coefficient (Wildman–Crippen LogP) is 1.32. The minimum Gasteiger partial charge on any atom is -0.480 e. The van der Waals surface area contributed by atoms with Crippen molar-refractivity contribution in [2.45, 2.75) is 45.7 Å². The van der Waals surface area contributed by atoms with Crippen molar-refractivity contribution in [2.24, 2.45) is 5.92 Å². The van der Waals surface area contributed by atoms with Gasteiger partial charge in [-0.1, -0.05) is 13.8 Å². The van der Waals surface area contributed by atoms with E-state index in [1.54, 1.807) is 4.90 Å².